The summed E-state index contributed by atoms with van der Waals surface area (Å²) in [5.41, 5.74) is 3.24. The van der Waals surface area contributed by atoms with Gasteiger partial charge < -0.3 is 4.65 Å². The number of allylic oxidation sites excluding steroid dienone is 2. The van der Waals surface area contributed by atoms with E-state index in [1.54, 1.807) is 6.92 Å². The van der Waals surface area contributed by atoms with Gasteiger partial charge in [-0.1, -0.05) is 60.7 Å². The monoisotopic (exact) mass is 305 g/mol. The van der Waals surface area contributed by atoms with Crippen LogP contribution in [0, 0.1) is 0 Å². The van der Waals surface area contributed by atoms with Gasteiger partial charge in [-0.2, -0.15) is 0 Å². The number of ketones is 1. The zero-order valence-electron chi connectivity index (χ0n) is 13.5. The van der Waals surface area contributed by atoms with Crippen LogP contribution in [0.15, 0.2) is 72.0 Å². The first kappa shape index (κ1) is 15.6. The molecule has 23 heavy (non-hydrogen) atoms. The maximum Gasteiger partial charge on any atom is 0.426 e. The van der Waals surface area contributed by atoms with E-state index in [-0.39, 0.29) is 6.92 Å². The number of carbonyl (C=O) groups excluding carboxylic acids is 1. The molecule has 0 aliphatic heterocycles. The molecule has 0 bridgehead atoms. The fraction of sp³-hybridized carbons (Fsp3) is 0.250. The molecule has 1 aliphatic carbocycles. The van der Waals surface area contributed by atoms with E-state index in [1.165, 1.54) is 0 Å². The largest absolute Gasteiger partial charge is 0.554 e. The quantitative estimate of drug-likeness (QED) is 0.616. The van der Waals surface area contributed by atoms with Gasteiger partial charge in [0.15, 0.2) is 0 Å². The average molecular weight is 305 g/mol. The van der Waals surface area contributed by atoms with Crippen LogP contribution in [0.2, 0.25) is 0 Å². The van der Waals surface area contributed by atoms with Gasteiger partial charge >= 0.3 is 12.7 Å². The van der Waals surface area contributed by atoms with E-state index in [0.29, 0.717) is 5.78 Å². The Labute approximate surface area is 138 Å². The average Bonchev–Trinajstić information content (AvgIpc) is 2.61. The van der Waals surface area contributed by atoms with Gasteiger partial charge in [-0.05, 0) is 30.2 Å². The van der Waals surface area contributed by atoms with E-state index < -0.39 is 0 Å². The summed E-state index contributed by atoms with van der Waals surface area (Å²) in [4.78, 5) is 9.98. The highest BCUT2D eigenvalue weighted by Gasteiger charge is 2.28. The number of hydrogen-bond acceptors (Lipinski definition) is 1. The second-order valence-corrected chi connectivity index (χ2v) is 6.01. The Hall–Kier alpha value is -2.29. The van der Waals surface area contributed by atoms with E-state index in [1.807, 2.05) is 36.4 Å². The summed E-state index contributed by atoms with van der Waals surface area (Å²) in [5, 5.41) is 0. The van der Waals surface area contributed by atoms with Crippen molar-refractivity contribution in [3.63, 3.8) is 0 Å². The first-order valence-electron chi connectivity index (χ1n) is 8.27. The molecule has 0 unspecified atom stereocenters. The van der Waals surface area contributed by atoms with E-state index >= 15 is 0 Å². The molecule has 116 valence electrons. The second-order valence-electron chi connectivity index (χ2n) is 6.01. The minimum atomic E-state index is -0.139. The van der Waals surface area contributed by atoms with Crippen molar-refractivity contribution < 1.29 is 9.45 Å². The Bertz CT molecular complexity index is 653. The van der Waals surface area contributed by atoms with Crippen LogP contribution < -0.4 is 10.9 Å². The molecule has 3 heteroatoms. The molecule has 1 N–H and O–H groups in total. The summed E-state index contributed by atoms with van der Waals surface area (Å²) in [6, 6.07) is 20.6. The molecule has 3 rings (SSSR count). The van der Waals surface area contributed by atoms with Crippen LogP contribution in [0.5, 0.6) is 0 Å². The maximum absolute atomic E-state index is 9.98. The predicted molar refractivity (Wildman–Crippen MR) is 97.1 cm³/mol. The molecule has 0 amide bonds. The van der Waals surface area contributed by atoms with Gasteiger partial charge in [0.2, 0.25) is 0 Å². The molecule has 0 fully saturated rings. The molecule has 0 saturated heterocycles. The lowest BCUT2D eigenvalue weighted by Gasteiger charge is -2.23. The van der Waals surface area contributed by atoms with Crippen molar-refractivity contribution in [2.45, 2.75) is 32.6 Å². The molecule has 0 spiro atoms. The Morgan fingerprint density at radius 1 is 0.870 bits per heavy atom. The summed E-state index contributed by atoms with van der Waals surface area (Å²) in [7, 11) is 0. The third-order valence-electron chi connectivity index (χ3n) is 4.32. The van der Waals surface area contributed by atoms with Gasteiger partial charge in [-0.25, -0.2) is 0 Å². The summed E-state index contributed by atoms with van der Waals surface area (Å²) in [6.45, 7) is 1.61. The molecule has 1 aliphatic rings. The lowest BCUT2D eigenvalue weighted by molar-refractivity contribution is 0.395. The van der Waals surface area contributed by atoms with Crippen molar-refractivity contribution in [1.29, 1.82) is 0 Å². The summed E-state index contributed by atoms with van der Waals surface area (Å²) < 4.78 is 6.44. The first-order chi connectivity index (χ1) is 11.3. The molecule has 2 nitrogen and oxygen atoms in total. The fourth-order valence-electron chi connectivity index (χ4n) is 3.12. The second kappa shape index (κ2) is 7.32. The summed E-state index contributed by atoms with van der Waals surface area (Å²) in [6.07, 6.45) is 4.02. The molecule has 0 atom stereocenters. The lowest BCUT2D eigenvalue weighted by Crippen LogP contribution is -2.45. The third-order valence-corrected chi connectivity index (χ3v) is 4.32. The predicted octanol–water partition coefficient (Wildman–Crippen LogP) is 3.20. The van der Waals surface area contributed by atoms with Crippen LogP contribution in [0.4, 0.5) is 0 Å². The van der Waals surface area contributed by atoms with Crippen LogP contribution in [0.1, 0.15) is 32.6 Å². The van der Waals surface area contributed by atoms with Crippen molar-refractivity contribution in [3.05, 3.63) is 72.0 Å². The molecular weight excluding hydrogens is 283 g/mol. The molecular formula is C20H22BO2+. The van der Waals surface area contributed by atoms with Crippen molar-refractivity contribution in [2.24, 2.45) is 0 Å². The summed E-state index contributed by atoms with van der Waals surface area (Å²) >= 11 is 0. The fourth-order valence-corrected chi connectivity index (χ4v) is 3.12. The van der Waals surface area contributed by atoms with Gasteiger partial charge in [0.1, 0.15) is 0 Å². The molecule has 0 radical (unpaired) electrons. The van der Waals surface area contributed by atoms with Crippen molar-refractivity contribution in [2.75, 3.05) is 0 Å². The minimum absolute atomic E-state index is 0.139. The Morgan fingerprint density at radius 2 is 1.39 bits per heavy atom. The summed E-state index contributed by atoms with van der Waals surface area (Å²) in [5.74, 6) is 1.33. The van der Waals surface area contributed by atoms with E-state index in [0.717, 1.165) is 47.9 Å². The Kier molecular flexibility index (Phi) is 4.97. The zero-order valence-corrected chi connectivity index (χ0v) is 13.5. The number of rotatable bonds is 5. The van der Waals surface area contributed by atoms with Crippen molar-refractivity contribution >= 4 is 23.6 Å². The Balaban J connectivity index is 1.98. The van der Waals surface area contributed by atoms with E-state index in [9.17, 15) is 4.79 Å². The SMILES string of the molecule is CC(=[OH+])C1=C(OB(c2ccccc2)c2ccccc2)CCCC1. The topological polar surface area (TPSA) is 30.6 Å². The standard InChI is InChI=1S/C20H21BO2/c1-16(22)19-14-8-9-15-20(19)23-21(17-10-4-2-5-11-17)18-12-6-3-7-13-18/h2-7,10-13H,8-9,14-15H2,1H3/p+1. The smallest absolute Gasteiger partial charge is 0.426 e. The third kappa shape index (κ3) is 3.73. The van der Waals surface area contributed by atoms with Crippen LogP contribution in [0.25, 0.3) is 0 Å². The Morgan fingerprint density at radius 3 is 1.91 bits per heavy atom. The zero-order chi connectivity index (χ0) is 16.1. The molecule has 2 aromatic rings. The molecule has 0 saturated carbocycles. The highest BCUT2D eigenvalue weighted by molar-refractivity contribution is 6.80. The lowest BCUT2D eigenvalue weighted by atomic mass is 9.55. The highest BCUT2D eigenvalue weighted by Crippen LogP contribution is 2.26. The number of hydrogen-bond donors (Lipinski definition) is 0. The minimum Gasteiger partial charge on any atom is -0.554 e. The van der Waals surface area contributed by atoms with Crippen molar-refractivity contribution in [1.82, 2.24) is 0 Å². The first-order valence-corrected chi connectivity index (χ1v) is 8.27. The van der Waals surface area contributed by atoms with Crippen LogP contribution in [-0.4, -0.2) is 17.5 Å². The van der Waals surface area contributed by atoms with Crippen LogP contribution >= 0.6 is 0 Å². The van der Waals surface area contributed by atoms with Gasteiger partial charge in [0.25, 0.3) is 0 Å². The molecule has 2 aromatic carbocycles. The highest BCUT2D eigenvalue weighted by atomic mass is 16.4. The number of benzene rings is 2. The van der Waals surface area contributed by atoms with Gasteiger partial charge in [0.05, 0.1) is 18.3 Å². The van der Waals surface area contributed by atoms with Gasteiger partial charge in [-0.3, -0.25) is 4.79 Å². The van der Waals surface area contributed by atoms with Crippen LogP contribution in [0.3, 0.4) is 0 Å². The van der Waals surface area contributed by atoms with Gasteiger partial charge in [-0.15, -0.1) is 0 Å². The molecule has 0 heterocycles. The van der Waals surface area contributed by atoms with E-state index in [4.69, 9.17) is 4.65 Å². The normalized spacial score (nSPS) is 14.5. The van der Waals surface area contributed by atoms with E-state index in [2.05, 4.69) is 24.3 Å². The maximum atomic E-state index is 9.98. The van der Waals surface area contributed by atoms with Gasteiger partial charge in [0, 0.05) is 6.42 Å². The molecule has 0 aromatic heterocycles. The van der Waals surface area contributed by atoms with Crippen LogP contribution in [-0.2, 0) is 4.65 Å². The van der Waals surface area contributed by atoms with Crippen molar-refractivity contribution in [3.8, 4) is 0 Å².